The molecular formula is C15H15N3O5. The number of nitro groups is 1. The minimum absolute atomic E-state index is 0.116. The molecule has 0 fully saturated rings. The van der Waals surface area contributed by atoms with Crippen molar-refractivity contribution in [3.8, 4) is 0 Å². The van der Waals surface area contributed by atoms with Crippen LogP contribution >= 0.6 is 0 Å². The van der Waals surface area contributed by atoms with Gasteiger partial charge in [-0.05, 0) is 25.1 Å². The van der Waals surface area contributed by atoms with E-state index in [0.717, 1.165) is 6.07 Å². The molecule has 0 spiro atoms. The number of hydrogen-bond acceptors (Lipinski definition) is 5. The van der Waals surface area contributed by atoms with Crippen molar-refractivity contribution in [1.29, 1.82) is 0 Å². The van der Waals surface area contributed by atoms with Gasteiger partial charge in [-0.2, -0.15) is 0 Å². The van der Waals surface area contributed by atoms with Crippen LogP contribution < -0.4 is 10.6 Å². The van der Waals surface area contributed by atoms with Crippen molar-refractivity contribution >= 4 is 17.5 Å². The SMILES string of the molecule is CC(NC(=O)c1cccc([N+](=O)[O-])c1)C(=O)NCc1ccco1. The summed E-state index contributed by atoms with van der Waals surface area (Å²) in [5, 5.41) is 15.8. The summed E-state index contributed by atoms with van der Waals surface area (Å²) in [6.07, 6.45) is 1.50. The van der Waals surface area contributed by atoms with E-state index in [0.29, 0.717) is 5.76 Å². The van der Waals surface area contributed by atoms with Crippen LogP contribution in [-0.4, -0.2) is 22.8 Å². The number of benzene rings is 1. The Bertz CT molecular complexity index is 712. The van der Waals surface area contributed by atoms with Crippen LogP contribution in [-0.2, 0) is 11.3 Å². The lowest BCUT2D eigenvalue weighted by molar-refractivity contribution is -0.384. The molecule has 2 aromatic rings. The van der Waals surface area contributed by atoms with E-state index in [-0.39, 0.29) is 23.7 Å². The topological polar surface area (TPSA) is 114 Å². The highest BCUT2D eigenvalue weighted by atomic mass is 16.6. The van der Waals surface area contributed by atoms with E-state index in [1.165, 1.54) is 31.4 Å². The first-order chi connectivity index (χ1) is 11.0. The van der Waals surface area contributed by atoms with E-state index in [9.17, 15) is 19.7 Å². The Morgan fingerprint density at radius 3 is 2.74 bits per heavy atom. The molecule has 2 amide bonds. The molecule has 2 N–H and O–H groups in total. The molecule has 0 aliphatic carbocycles. The van der Waals surface area contributed by atoms with Gasteiger partial charge in [0.2, 0.25) is 5.91 Å². The minimum Gasteiger partial charge on any atom is -0.467 e. The third-order valence-corrected chi connectivity index (χ3v) is 3.08. The quantitative estimate of drug-likeness (QED) is 0.620. The fourth-order valence-corrected chi connectivity index (χ4v) is 1.85. The number of nitrogens with zero attached hydrogens (tertiary/aromatic N) is 1. The van der Waals surface area contributed by atoms with Crippen molar-refractivity contribution < 1.29 is 18.9 Å². The predicted octanol–water partition coefficient (Wildman–Crippen LogP) is 1.62. The van der Waals surface area contributed by atoms with Crippen LogP contribution in [0.25, 0.3) is 0 Å². The number of hydrogen-bond donors (Lipinski definition) is 2. The Balaban J connectivity index is 1.92. The van der Waals surface area contributed by atoms with E-state index < -0.39 is 16.9 Å². The fraction of sp³-hybridized carbons (Fsp3) is 0.200. The number of furan rings is 1. The van der Waals surface area contributed by atoms with Crippen LogP contribution in [0.4, 0.5) is 5.69 Å². The monoisotopic (exact) mass is 317 g/mol. The first-order valence-electron chi connectivity index (χ1n) is 6.83. The maximum absolute atomic E-state index is 12.0. The van der Waals surface area contributed by atoms with Crippen molar-refractivity contribution in [2.24, 2.45) is 0 Å². The molecule has 8 nitrogen and oxygen atoms in total. The molecule has 1 aromatic carbocycles. The first kappa shape index (κ1) is 16.2. The van der Waals surface area contributed by atoms with Crippen molar-refractivity contribution in [1.82, 2.24) is 10.6 Å². The lowest BCUT2D eigenvalue weighted by Gasteiger charge is -2.13. The average molecular weight is 317 g/mol. The van der Waals surface area contributed by atoms with Gasteiger partial charge in [-0.25, -0.2) is 0 Å². The number of carbonyl (C=O) groups is 2. The Morgan fingerprint density at radius 1 is 1.30 bits per heavy atom. The third-order valence-electron chi connectivity index (χ3n) is 3.08. The molecule has 1 unspecified atom stereocenters. The average Bonchev–Trinajstić information content (AvgIpc) is 3.06. The normalized spacial score (nSPS) is 11.5. The van der Waals surface area contributed by atoms with Crippen LogP contribution in [0.3, 0.4) is 0 Å². The smallest absolute Gasteiger partial charge is 0.270 e. The summed E-state index contributed by atoms with van der Waals surface area (Å²) in [4.78, 5) is 34.1. The van der Waals surface area contributed by atoms with E-state index >= 15 is 0 Å². The maximum atomic E-state index is 12.0. The Labute approximate surface area is 131 Å². The van der Waals surface area contributed by atoms with Gasteiger partial charge < -0.3 is 15.1 Å². The lowest BCUT2D eigenvalue weighted by Crippen LogP contribution is -2.44. The summed E-state index contributed by atoms with van der Waals surface area (Å²) in [5.41, 5.74) is -0.0718. The van der Waals surface area contributed by atoms with E-state index in [1.807, 2.05) is 0 Å². The summed E-state index contributed by atoms with van der Waals surface area (Å²) < 4.78 is 5.08. The molecule has 1 heterocycles. The number of amides is 2. The van der Waals surface area contributed by atoms with Crippen LogP contribution in [0.5, 0.6) is 0 Å². The summed E-state index contributed by atoms with van der Waals surface area (Å²) in [6, 6.07) is 7.92. The van der Waals surface area contributed by atoms with E-state index in [4.69, 9.17) is 4.42 Å². The second-order valence-electron chi connectivity index (χ2n) is 4.80. The Kier molecular flexibility index (Phi) is 5.08. The number of rotatable bonds is 6. The Morgan fingerprint density at radius 2 is 2.09 bits per heavy atom. The number of non-ortho nitro benzene ring substituents is 1. The molecule has 0 bridgehead atoms. The van der Waals surface area contributed by atoms with Gasteiger partial charge in [0.15, 0.2) is 0 Å². The highest BCUT2D eigenvalue weighted by molar-refractivity contribution is 5.97. The molecule has 120 valence electrons. The molecule has 0 radical (unpaired) electrons. The number of nitrogens with one attached hydrogen (secondary N) is 2. The summed E-state index contributed by atoms with van der Waals surface area (Å²) in [5.74, 6) is -0.356. The van der Waals surface area contributed by atoms with E-state index in [2.05, 4.69) is 10.6 Å². The zero-order chi connectivity index (χ0) is 16.8. The largest absolute Gasteiger partial charge is 0.467 e. The molecule has 0 saturated heterocycles. The van der Waals surface area contributed by atoms with Gasteiger partial charge >= 0.3 is 0 Å². The standard InChI is InChI=1S/C15H15N3O5/c1-10(14(19)16-9-13-6-3-7-23-13)17-15(20)11-4-2-5-12(8-11)18(21)22/h2-8,10H,9H2,1H3,(H,16,19)(H,17,20). The van der Waals surface area contributed by atoms with Crippen molar-refractivity contribution in [3.63, 3.8) is 0 Å². The molecule has 1 atom stereocenters. The predicted molar refractivity (Wildman–Crippen MR) is 80.6 cm³/mol. The third kappa shape index (κ3) is 4.40. The first-order valence-corrected chi connectivity index (χ1v) is 6.83. The Hall–Kier alpha value is -3.16. The number of carbonyl (C=O) groups excluding carboxylic acids is 2. The van der Waals surface area contributed by atoms with Gasteiger partial charge in [0.1, 0.15) is 11.8 Å². The van der Waals surface area contributed by atoms with Gasteiger partial charge in [-0.1, -0.05) is 6.07 Å². The maximum Gasteiger partial charge on any atom is 0.270 e. The zero-order valence-electron chi connectivity index (χ0n) is 12.3. The highest BCUT2D eigenvalue weighted by Gasteiger charge is 2.18. The molecule has 1 aromatic heterocycles. The molecule has 0 aliphatic heterocycles. The zero-order valence-corrected chi connectivity index (χ0v) is 12.3. The lowest BCUT2D eigenvalue weighted by atomic mass is 10.1. The minimum atomic E-state index is -0.795. The van der Waals surface area contributed by atoms with Gasteiger partial charge in [-0.15, -0.1) is 0 Å². The van der Waals surface area contributed by atoms with Gasteiger partial charge in [0.05, 0.1) is 17.7 Å². The number of nitro benzene ring substituents is 1. The molecule has 0 aliphatic rings. The molecule has 23 heavy (non-hydrogen) atoms. The van der Waals surface area contributed by atoms with Crippen molar-refractivity contribution in [3.05, 3.63) is 64.1 Å². The molecule has 2 rings (SSSR count). The van der Waals surface area contributed by atoms with Crippen LogP contribution in [0.1, 0.15) is 23.0 Å². The van der Waals surface area contributed by atoms with Crippen LogP contribution in [0.15, 0.2) is 47.1 Å². The molecule has 8 heteroatoms. The van der Waals surface area contributed by atoms with Crippen molar-refractivity contribution in [2.75, 3.05) is 0 Å². The van der Waals surface area contributed by atoms with Gasteiger partial charge in [0.25, 0.3) is 11.6 Å². The van der Waals surface area contributed by atoms with Crippen LogP contribution in [0, 0.1) is 10.1 Å². The molecule has 0 saturated carbocycles. The van der Waals surface area contributed by atoms with Gasteiger partial charge in [0, 0.05) is 17.7 Å². The second kappa shape index (κ2) is 7.21. The second-order valence-corrected chi connectivity index (χ2v) is 4.80. The summed E-state index contributed by atoms with van der Waals surface area (Å²) >= 11 is 0. The summed E-state index contributed by atoms with van der Waals surface area (Å²) in [6.45, 7) is 1.73. The van der Waals surface area contributed by atoms with Gasteiger partial charge in [-0.3, -0.25) is 19.7 Å². The van der Waals surface area contributed by atoms with E-state index in [1.54, 1.807) is 12.1 Å². The van der Waals surface area contributed by atoms with Crippen LogP contribution in [0.2, 0.25) is 0 Å². The fourth-order valence-electron chi connectivity index (χ4n) is 1.85. The molecular weight excluding hydrogens is 302 g/mol. The highest BCUT2D eigenvalue weighted by Crippen LogP contribution is 2.13. The van der Waals surface area contributed by atoms with Crippen molar-refractivity contribution in [2.45, 2.75) is 19.5 Å². The summed E-state index contributed by atoms with van der Waals surface area (Å²) in [7, 11) is 0.